The highest BCUT2D eigenvalue weighted by atomic mass is 19.4. The molecule has 0 unspecified atom stereocenters. The van der Waals surface area contributed by atoms with Gasteiger partial charge in [-0.05, 0) is 31.0 Å². The van der Waals surface area contributed by atoms with Crippen LogP contribution in [0.4, 0.5) is 18.9 Å². The van der Waals surface area contributed by atoms with E-state index < -0.39 is 11.7 Å². The third-order valence-electron chi connectivity index (χ3n) is 3.38. The monoisotopic (exact) mass is 318 g/mol. The van der Waals surface area contributed by atoms with Crippen LogP contribution in [0.25, 0.3) is 0 Å². The molecule has 0 aromatic heterocycles. The summed E-state index contributed by atoms with van der Waals surface area (Å²) in [5.41, 5.74) is 3.50. The number of hydrogen-bond acceptors (Lipinski definition) is 4. The van der Waals surface area contributed by atoms with Crippen molar-refractivity contribution in [3.8, 4) is 5.75 Å². The number of carbonyl (C=O) groups excluding carboxylic acids is 1. The fraction of sp³-hybridized carbons (Fsp3) is 0.500. The van der Waals surface area contributed by atoms with Crippen LogP contribution in [0.3, 0.4) is 0 Å². The molecule has 1 aliphatic rings. The Hall–Kier alpha value is -1.96. The summed E-state index contributed by atoms with van der Waals surface area (Å²) in [6.45, 7) is 0.885. The number of alkyl halides is 3. The molecule has 1 aliphatic heterocycles. The Kier molecular flexibility index (Phi) is 5.12. The summed E-state index contributed by atoms with van der Waals surface area (Å²) in [6, 6.07) is 3.46. The van der Waals surface area contributed by atoms with E-state index in [0.29, 0.717) is 13.0 Å². The van der Waals surface area contributed by atoms with Gasteiger partial charge >= 0.3 is 6.18 Å². The summed E-state index contributed by atoms with van der Waals surface area (Å²) in [4.78, 5) is 11.9. The molecule has 0 aliphatic carbocycles. The Bertz CT molecular complexity index is 529. The van der Waals surface area contributed by atoms with Crippen molar-refractivity contribution in [2.24, 2.45) is 5.92 Å². The van der Waals surface area contributed by atoms with E-state index in [9.17, 15) is 18.0 Å². The van der Waals surface area contributed by atoms with E-state index in [-0.39, 0.29) is 29.9 Å². The first kappa shape index (κ1) is 16.4. The van der Waals surface area contributed by atoms with E-state index in [1.807, 2.05) is 0 Å². The molecule has 1 aromatic rings. The third kappa shape index (κ3) is 4.03. The molecule has 0 saturated carbocycles. The number of anilines is 1. The standard InChI is InChI=1S/C14H17F3N2O3/c1-21-10-4-5-12(11(7-10)14(15,16)17)18-19-13(20)9-3-2-6-22-8-9/h4-5,7,9,18H,2-3,6,8H2,1H3,(H,19,20)/t9-/m1/s1. The fourth-order valence-electron chi connectivity index (χ4n) is 2.17. The molecule has 1 fully saturated rings. The number of hydrazine groups is 1. The minimum Gasteiger partial charge on any atom is -0.497 e. The number of rotatable bonds is 4. The Morgan fingerprint density at radius 2 is 2.18 bits per heavy atom. The zero-order valence-electron chi connectivity index (χ0n) is 12.0. The van der Waals surface area contributed by atoms with Gasteiger partial charge in [-0.15, -0.1) is 0 Å². The van der Waals surface area contributed by atoms with Gasteiger partial charge < -0.3 is 9.47 Å². The molecule has 22 heavy (non-hydrogen) atoms. The average Bonchev–Trinajstić information content (AvgIpc) is 2.52. The normalized spacial score (nSPS) is 18.6. The lowest BCUT2D eigenvalue weighted by Crippen LogP contribution is -2.39. The van der Waals surface area contributed by atoms with Crippen molar-refractivity contribution in [2.75, 3.05) is 25.7 Å². The topological polar surface area (TPSA) is 59.6 Å². The Labute approximate surface area is 125 Å². The fourth-order valence-corrected chi connectivity index (χ4v) is 2.17. The van der Waals surface area contributed by atoms with Crippen molar-refractivity contribution in [1.82, 2.24) is 5.43 Å². The van der Waals surface area contributed by atoms with Gasteiger partial charge in [-0.2, -0.15) is 13.2 Å². The molecule has 0 radical (unpaired) electrons. The van der Waals surface area contributed by atoms with Crippen LogP contribution in [-0.4, -0.2) is 26.2 Å². The molecule has 1 aromatic carbocycles. The van der Waals surface area contributed by atoms with Crippen molar-refractivity contribution in [3.63, 3.8) is 0 Å². The smallest absolute Gasteiger partial charge is 0.418 e. The molecule has 1 saturated heterocycles. The molecule has 1 atom stereocenters. The van der Waals surface area contributed by atoms with Gasteiger partial charge in [-0.25, -0.2) is 0 Å². The zero-order chi connectivity index (χ0) is 16.2. The number of halogens is 3. The number of ether oxygens (including phenoxy) is 2. The lowest BCUT2D eigenvalue weighted by molar-refractivity contribution is -0.137. The highest BCUT2D eigenvalue weighted by Gasteiger charge is 2.34. The van der Waals surface area contributed by atoms with Gasteiger partial charge in [0.25, 0.3) is 0 Å². The van der Waals surface area contributed by atoms with Gasteiger partial charge in [0.15, 0.2) is 0 Å². The summed E-state index contributed by atoms with van der Waals surface area (Å²) in [7, 11) is 1.29. The number of benzene rings is 1. The minimum absolute atomic E-state index is 0.0879. The van der Waals surface area contributed by atoms with Gasteiger partial charge in [0.05, 0.1) is 30.9 Å². The summed E-state index contributed by atoms with van der Waals surface area (Å²) >= 11 is 0. The zero-order valence-corrected chi connectivity index (χ0v) is 12.0. The maximum absolute atomic E-state index is 13.0. The Morgan fingerprint density at radius 1 is 1.41 bits per heavy atom. The van der Waals surface area contributed by atoms with E-state index >= 15 is 0 Å². The Balaban J connectivity index is 2.07. The second-order valence-corrected chi connectivity index (χ2v) is 4.94. The van der Waals surface area contributed by atoms with E-state index in [4.69, 9.17) is 9.47 Å². The summed E-state index contributed by atoms with van der Waals surface area (Å²) in [5.74, 6) is -0.651. The molecule has 0 bridgehead atoms. The van der Waals surface area contributed by atoms with Crippen LogP contribution < -0.4 is 15.6 Å². The predicted octanol–water partition coefficient (Wildman–Crippen LogP) is 2.58. The highest BCUT2D eigenvalue weighted by molar-refractivity contribution is 5.80. The average molecular weight is 318 g/mol. The van der Waals surface area contributed by atoms with Crippen molar-refractivity contribution in [2.45, 2.75) is 19.0 Å². The summed E-state index contributed by atoms with van der Waals surface area (Å²) in [6.07, 6.45) is -3.15. The minimum atomic E-state index is -4.56. The summed E-state index contributed by atoms with van der Waals surface area (Å²) in [5, 5.41) is 0. The van der Waals surface area contributed by atoms with Crippen LogP contribution in [0.5, 0.6) is 5.75 Å². The maximum Gasteiger partial charge on any atom is 0.418 e. The van der Waals surface area contributed by atoms with Gasteiger partial charge in [0, 0.05) is 6.61 Å². The van der Waals surface area contributed by atoms with Gasteiger partial charge in [0.1, 0.15) is 5.75 Å². The number of hydrogen-bond donors (Lipinski definition) is 2. The lowest BCUT2D eigenvalue weighted by Gasteiger charge is -2.22. The molecule has 122 valence electrons. The van der Waals surface area contributed by atoms with Crippen molar-refractivity contribution in [3.05, 3.63) is 23.8 Å². The van der Waals surface area contributed by atoms with Gasteiger partial charge in [-0.3, -0.25) is 15.6 Å². The predicted molar refractivity (Wildman–Crippen MR) is 73.3 cm³/mol. The van der Waals surface area contributed by atoms with E-state index in [1.165, 1.54) is 19.2 Å². The summed E-state index contributed by atoms with van der Waals surface area (Å²) < 4.78 is 49.0. The maximum atomic E-state index is 13.0. The highest BCUT2D eigenvalue weighted by Crippen LogP contribution is 2.36. The van der Waals surface area contributed by atoms with Crippen LogP contribution in [0, 0.1) is 5.92 Å². The Morgan fingerprint density at radius 3 is 2.77 bits per heavy atom. The number of carbonyl (C=O) groups is 1. The largest absolute Gasteiger partial charge is 0.497 e. The molecule has 0 spiro atoms. The van der Waals surface area contributed by atoms with Crippen LogP contribution in [0.15, 0.2) is 18.2 Å². The van der Waals surface area contributed by atoms with Gasteiger partial charge in [0.2, 0.25) is 5.91 Å². The number of amides is 1. The molecule has 5 nitrogen and oxygen atoms in total. The second kappa shape index (κ2) is 6.87. The second-order valence-electron chi connectivity index (χ2n) is 4.94. The molecule has 1 heterocycles. The van der Waals surface area contributed by atoms with E-state index in [1.54, 1.807) is 0 Å². The van der Waals surface area contributed by atoms with Crippen LogP contribution in [-0.2, 0) is 15.7 Å². The number of nitrogens with one attached hydrogen (secondary N) is 2. The SMILES string of the molecule is COc1ccc(NNC(=O)[C@@H]2CCCOC2)c(C(F)(F)F)c1. The molecular weight excluding hydrogens is 301 g/mol. The quantitative estimate of drug-likeness (QED) is 0.838. The number of methoxy groups -OCH3 is 1. The van der Waals surface area contributed by atoms with E-state index in [2.05, 4.69) is 10.9 Å². The molecule has 2 rings (SSSR count). The van der Waals surface area contributed by atoms with Crippen LogP contribution in [0.2, 0.25) is 0 Å². The molecular formula is C14H17F3N2O3. The lowest BCUT2D eigenvalue weighted by atomic mass is 10.0. The van der Waals surface area contributed by atoms with Crippen molar-refractivity contribution >= 4 is 11.6 Å². The van der Waals surface area contributed by atoms with Crippen LogP contribution >= 0.6 is 0 Å². The third-order valence-corrected chi connectivity index (χ3v) is 3.38. The molecule has 2 N–H and O–H groups in total. The van der Waals surface area contributed by atoms with E-state index in [0.717, 1.165) is 12.5 Å². The first-order valence-electron chi connectivity index (χ1n) is 6.80. The first-order valence-corrected chi connectivity index (χ1v) is 6.80. The van der Waals surface area contributed by atoms with Crippen molar-refractivity contribution < 1.29 is 27.4 Å². The first-order chi connectivity index (χ1) is 10.4. The molecule has 8 heteroatoms. The van der Waals surface area contributed by atoms with Crippen LogP contribution in [0.1, 0.15) is 18.4 Å². The molecule has 1 amide bonds. The van der Waals surface area contributed by atoms with Crippen molar-refractivity contribution in [1.29, 1.82) is 0 Å². The van der Waals surface area contributed by atoms with Gasteiger partial charge in [-0.1, -0.05) is 0 Å².